The molecular weight excluding hydrogens is 212 g/mol. The summed E-state index contributed by atoms with van der Waals surface area (Å²) in [5.41, 5.74) is 0. The molecule has 2 heteroatoms. The molecule has 0 heterocycles. The van der Waals surface area contributed by atoms with E-state index in [0.29, 0.717) is 0 Å². The Bertz CT molecular complexity index is 112. The average molecular weight is 243 g/mol. The maximum atomic E-state index is 5.30. The van der Waals surface area contributed by atoms with Crippen molar-refractivity contribution in [2.24, 2.45) is 0 Å². The van der Waals surface area contributed by atoms with E-state index in [9.17, 15) is 0 Å². The lowest BCUT2D eigenvalue weighted by Gasteiger charge is -2.03. The van der Waals surface area contributed by atoms with Crippen molar-refractivity contribution in [2.45, 2.75) is 65.2 Å². The summed E-state index contributed by atoms with van der Waals surface area (Å²) in [7, 11) is 0. The van der Waals surface area contributed by atoms with E-state index in [4.69, 9.17) is 9.47 Å². The maximum Gasteiger partial charge on any atom is 0.0465 e. The minimum atomic E-state index is 0.855. The van der Waals surface area contributed by atoms with Gasteiger partial charge in [-0.25, -0.2) is 0 Å². The molecule has 0 rings (SSSR count). The highest BCUT2D eigenvalue weighted by Crippen LogP contribution is 2.08. The standard InChI is InChI=1S/C15H31O2/c1-3-16-14-12-10-8-6-5-7-9-11-13-15-17-4-2/h5H,3-4,6-15H2,1-2H3. The van der Waals surface area contributed by atoms with Gasteiger partial charge in [-0.3, -0.25) is 0 Å². The van der Waals surface area contributed by atoms with Crippen LogP contribution in [0, 0.1) is 6.42 Å². The Kier molecular flexibility index (Phi) is 15.8. The summed E-state index contributed by atoms with van der Waals surface area (Å²) in [5.74, 6) is 0. The van der Waals surface area contributed by atoms with Crippen molar-refractivity contribution in [3.05, 3.63) is 6.42 Å². The van der Waals surface area contributed by atoms with Crippen molar-refractivity contribution in [3.8, 4) is 0 Å². The van der Waals surface area contributed by atoms with Crippen molar-refractivity contribution < 1.29 is 9.47 Å². The van der Waals surface area contributed by atoms with E-state index >= 15 is 0 Å². The molecular formula is C15H31O2. The smallest absolute Gasteiger partial charge is 0.0465 e. The average Bonchev–Trinajstić information content (AvgIpc) is 2.35. The molecule has 0 aliphatic rings. The van der Waals surface area contributed by atoms with Crippen LogP contribution in [0.2, 0.25) is 0 Å². The molecule has 0 unspecified atom stereocenters. The molecule has 0 saturated heterocycles. The summed E-state index contributed by atoms with van der Waals surface area (Å²) in [6.07, 6.45) is 12.7. The lowest BCUT2D eigenvalue weighted by Crippen LogP contribution is -1.93. The third kappa shape index (κ3) is 15.9. The monoisotopic (exact) mass is 243 g/mol. The van der Waals surface area contributed by atoms with Crippen LogP contribution in [0.1, 0.15) is 65.2 Å². The van der Waals surface area contributed by atoms with E-state index in [0.717, 1.165) is 26.4 Å². The van der Waals surface area contributed by atoms with E-state index in [-0.39, 0.29) is 0 Å². The van der Waals surface area contributed by atoms with Gasteiger partial charge in [0.25, 0.3) is 0 Å². The second-order valence-electron chi connectivity index (χ2n) is 4.38. The minimum Gasteiger partial charge on any atom is -0.382 e. The van der Waals surface area contributed by atoms with Gasteiger partial charge in [-0.2, -0.15) is 0 Å². The lowest BCUT2D eigenvalue weighted by molar-refractivity contribution is 0.143. The maximum absolute atomic E-state index is 5.30. The Hall–Kier alpha value is -0.0800. The first-order chi connectivity index (χ1) is 8.41. The van der Waals surface area contributed by atoms with E-state index in [1.54, 1.807) is 0 Å². The van der Waals surface area contributed by atoms with Crippen molar-refractivity contribution in [3.63, 3.8) is 0 Å². The molecule has 1 radical (unpaired) electrons. The van der Waals surface area contributed by atoms with E-state index in [1.807, 2.05) is 0 Å². The summed E-state index contributed by atoms with van der Waals surface area (Å²) in [6.45, 7) is 7.70. The van der Waals surface area contributed by atoms with Crippen molar-refractivity contribution in [1.82, 2.24) is 0 Å². The molecule has 2 nitrogen and oxygen atoms in total. The predicted octanol–water partition coefficient (Wildman–Crippen LogP) is 4.38. The van der Waals surface area contributed by atoms with E-state index in [2.05, 4.69) is 20.3 Å². The number of hydrogen-bond acceptors (Lipinski definition) is 2. The van der Waals surface area contributed by atoms with Gasteiger partial charge in [0.15, 0.2) is 0 Å². The van der Waals surface area contributed by atoms with Gasteiger partial charge in [0.2, 0.25) is 0 Å². The fraction of sp³-hybridized carbons (Fsp3) is 0.933. The molecule has 0 fully saturated rings. The summed E-state index contributed by atoms with van der Waals surface area (Å²) < 4.78 is 10.6. The van der Waals surface area contributed by atoms with Gasteiger partial charge in [0.1, 0.15) is 0 Å². The summed E-state index contributed by atoms with van der Waals surface area (Å²) in [4.78, 5) is 0. The topological polar surface area (TPSA) is 18.5 Å². The van der Waals surface area contributed by atoms with Gasteiger partial charge in [-0.1, -0.05) is 38.5 Å². The first-order valence-electron chi connectivity index (χ1n) is 7.39. The highest BCUT2D eigenvalue weighted by molar-refractivity contribution is 4.64. The molecule has 0 bridgehead atoms. The summed E-state index contributed by atoms with van der Waals surface area (Å²) in [5, 5.41) is 0. The third-order valence-corrected chi connectivity index (χ3v) is 2.80. The van der Waals surface area contributed by atoms with Crippen LogP contribution >= 0.6 is 0 Å². The van der Waals surface area contributed by atoms with Crippen molar-refractivity contribution in [2.75, 3.05) is 26.4 Å². The van der Waals surface area contributed by atoms with Gasteiger partial charge >= 0.3 is 0 Å². The number of hydrogen-bond donors (Lipinski definition) is 0. The number of rotatable bonds is 14. The Balaban J connectivity index is 2.85. The molecule has 0 aromatic carbocycles. The van der Waals surface area contributed by atoms with Gasteiger partial charge in [0, 0.05) is 26.4 Å². The van der Waals surface area contributed by atoms with Crippen LogP contribution in [0.15, 0.2) is 0 Å². The van der Waals surface area contributed by atoms with Crippen LogP contribution in [0.4, 0.5) is 0 Å². The molecule has 0 aromatic heterocycles. The molecule has 0 spiro atoms. The van der Waals surface area contributed by atoms with Gasteiger partial charge in [-0.05, 0) is 33.1 Å². The zero-order chi connectivity index (χ0) is 12.6. The van der Waals surface area contributed by atoms with Crippen molar-refractivity contribution >= 4 is 0 Å². The van der Waals surface area contributed by atoms with E-state index < -0.39 is 0 Å². The van der Waals surface area contributed by atoms with Gasteiger partial charge in [-0.15, -0.1) is 0 Å². The quantitative estimate of drug-likeness (QED) is 0.421. The zero-order valence-electron chi connectivity index (χ0n) is 11.9. The molecule has 0 aromatic rings. The molecule has 0 amide bonds. The highest BCUT2D eigenvalue weighted by atomic mass is 16.5. The van der Waals surface area contributed by atoms with Gasteiger partial charge in [0.05, 0.1) is 0 Å². The number of ether oxygens (including phenoxy) is 2. The molecule has 0 aliphatic heterocycles. The predicted molar refractivity (Wildman–Crippen MR) is 74.2 cm³/mol. The molecule has 17 heavy (non-hydrogen) atoms. The lowest BCUT2D eigenvalue weighted by atomic mass is 10.1. The Labute approximate surface area is 108 Å². The van der Waals surface area contributed by atoms with Gasteiger partial charge < -0.3 is 9.47 Å². The summed E-state index contributed by atoms with van der Waals surface area (Å²) in [6, 6.07) is 0. The fourth-order valence-electron chi connectivity index (χ4n) is 1.77. The van der Waals surface area contributed by atoms with Crippen LogP contribution in [0.25, 0.3) is 0 Å². The molecule has 0 saturated carbocycles. The molecule has 103 valence electrons. The van der Waals surface area contributed by atoms with E-state index in [1.165, 1.54) is 51.4 Å². The Morgan fingerprint density at radius 3 is 1.53 bits per heavy atom. The van der Waals surface area contributed by atoms with Crippen LogP contribution in [0.3, 0.4) is 0 Å². The molecule has 0 N–H and O–H groups in total. The molecule has 0 atom stereocenters. The SMILES string of the molecule is CCOCCCCC[CH]CCCCCOCC. The minimum absolute atomic E-state index is 0.855. The van der Waals surface area contributed by atoms with Crippen LogP contribution in [0.5, 0.6) is 0 Å². The largest absolute Gasteiger partial charge is 0.382 e. The summed E-state index contributed by atoms with van der Waals surface area (Å²) >= 11 is 0. The zero-order valence-corrected chi connectivity index (χ0v) is 11.9. The highest BCUT2D eigenvalue weighted by Gasteiger charge is 1.93. The van der Waals surface area contributed by atoms with Crippen LogP contribution in [-0.4, -0.2) is 26.4 Å². The molecule has 0 aliphatic carbocycles. The second kappa shape index (κ2) is 15.9. The second-order valence-corrected chi connectivity index (χ2v) is 4.38. The van der Waals surface area contributed by atoms with Crippen LogP contribution in [-0.2, 0) is 9.47 Å². The van der Waals surface area contributed by atoms with Crippen molar-refractivity contribution in [1.29, 1.82) is 0 Å². The van der Waals surface area contributed by atoms with Crippen LogP contribution < -0.4 is 0 Å². The normalized spacial score (nSPS) is 10.9. The Morgan fingerprint density at radius 2 is 1.12 bits per heavy atom. The number of unbranched alkanes of at least 4 members (excludes halogenated alkanes) is 8. The first kappa shape index (κ1) is 16.9. The fourth-order valence-corrected chi connectivity index (χ4v) is 1.77. The first-order valence-corrected chi connectivity index (χ1v) is 7.39. The third-order valence-electron chi connectivity index (χ3n) is 2.80. The Morgan fingerprint density at radius 1 is 0.647 bits per heavy atom.